The van der Waals surface area contributed by atoms with Crippen LogP contribution in [0.4, 0.5) is 14.5 Å². The lowest BCUT2D eigenvalue weighted by Crippen LogP contribution is -2.16. The first kappa shape index (κ1) is 16.8. The van der Waals surface area contributed by atoms with E-state index in [1.54, 1.807) is 13.0 Å². The highest BCUT2D eigenvalue weighted by Gasteiger charge is 2.27. The number of amides is 1. The fourth-order valence-electron chi connectivity index (χ4n) is 2.57. The predicted molar refractivity (Wildman–Crippen MR) is 84.5 cm³/mol. The van der Waals surface area contributed by atoms with Gasteiger partial charge < -0.3 is 10.1 Å². The summed E-state index contributed by atoms with van der Waals surface area (Å²) in [5, 5.41) is 2.68. The summed E-state index contributed by atoms with van der Waals surface area (Å²) < 4.78 is 31.7. The van der Waals surface area contributed by atoms with E-state index < -0.39 is 41.5 Å². The Hall–Kier alpha value is -3.09. The topological polar surface area (TPSA) is 72.5 Å². The highest BCUT2D eigenvalue weighted by molar-refractivity contribution is 6.05. The number of esters is 1. The number of benzene rings is 2. The predicted octanol–water partition coefficient (Wildman–Crippen LogP) is 3.06. The Bertz CT molecular complexity index is 874. The molecule has 5 nitrogen and oxygen atoms in total. The number of rotatable bonds is 4. The first-order chi connectivity index (χ1) is 11.9. The molecule has 25 heavy (non-hydrogen) atoms. The first-order valence-corrected chi connectivity index (χ1v) is 7.47. The van der Waals surface area contributed by atoms with Gasteiger partial charge in [0, 0.05) is 11.3 Å². The van der Waals surface area contributed by atoms with Crippen LogP contribution >= 0.6 is 0 Å². The zero-order valence-corrected chi connectivity index (χ0v) is 13.1. The molecular formula is C18H13F2NO4. The monoisotopic (exact) mass is 345 g/mol. The number of fused-ring (bicyclic) bond motifs is 1. The number of ether oxygens (including phenoxy) is 1. The van der Waals surface area contributed by atoms with Crippen LogP contribution in [-0.2, 0) is 9.53 Å². The van der Waals surface area contributed by atoms with Crippen molar-refractivity contribution >= 4 is 23.3 Å². The third kappa shape index (κ3) is 3.13. The van der Waals surface area contributed by atoms with Crippen LogP contribution in [0.25, 0.3) is 0 Å². The van der Waals surface area contributed by atoms with Crippen molar-refractivity contribution in [2.45, 2.75) is 12.8 Å². The summed E-state index contributed by atoms with van der Waals surface area (Å²) in [5.74, 6) is -4.48. The minimum absolute atomic E-state index is 0.166. The molecule has 1 N–H and O–H groups in total. The summed E-state index contributed by atoms with van der Waals surface area (Å²) in [6, 6.07) is 7.57. The summed E-state index contributed by atoms with van der Waals surface area (Å²) in [6.45, 7) is 1.04. The Morgan fingerprint density at radius 3 is 2.52 bits per heavy atom. The lowest BCUT2D eigenvalue weighted by atomic mass is 9.99. The number of hydrogen-bond donors (Lipinski definition) is 1. The Morgan fingerprint density at radius 1 is 1.16 bits per heavy atom. The van der Waals surface area contributed by atoms with Gasteiger partial charge in [-0.25, -0.2) is 13.6 Å². The summed E-state index contributed by atoms with van der Waals surface area (Å²) >= 11 is 0. The van der Waals surface area contributed by atoms with Gasteiger partial charge in [-0.05, 0) is 42.8 Å². The van der Waals surface area contributed by atoms with E-state index in [2.05, 4.69) is 5.32 Å². The van der Waals surface area contributed by atoms with E-state index in [9.17, 15) is 23.2 Å². The van der Waals surface area contributed by atoms with Crippen molar-refractivity contribution in [2.75, 3.05) is 11.9 Å². The lowest BCUT2D eigenvalue weighted by Gasteiger charge is -2.08. The van der Waals surface area contributed by atoms with Crippen molar-refractivity contribution in [1.29, 1.82) is 0 Å². The van der Waals surface area contributed by atoms with E-state index in [0.717, 1.165) is 18.2 Å². The maximum Gasteiger partial charge on any atom is 0.344 e. The molecule has 0 radical (unpaired) electrons. The third-order valence-electron chi connectivity index (χ3n) is 3.99. The average Bonchev–Trinajstić information content (AvgIpc) is 2.86. The molecule has 2 aromatic rings. The Morgan fingerprint density at radius 2 is 1.84 bits per heavy atom. The number of ketones is 1. The zero-order chi connectivity index (χ0) is 18.1. The van der Waals surface area contributed by atoms with Gasteiger partial charge >= 0.3 is 5.97 Å². The molecular weight excluding hydrogens is 332 g/mol. The zero-order valence-electron chi connectivity index (χ0n) is 13.1. The largest absolute Gasteiger partial charge is 0.454 e. The summed E-state index contributed by atoms with van der Waals surface area (Å²) in [5.41, 5.74) is 0.693. The van der Waals surface area contributed by atoms with Crippen molar-refractivity contribution in [3.63, 3.8) is 0 Å². The quantitative estimate of drug-likeness (QED) is 0.683. The van der Waals surface area contributed by atoms with E-state index >= 15 is 0 Å². The minimum atomic E-state index is -1.25. The van der Waals surface area contributed by atoms with Gasteiger partial charge in [-0.2, -0.15) is 0 Å². The number of hydrogen-bond acceptors (Lipinski definition) is 4. The fourth-order valence-corrected chi connectivity index (χ4v) is 2.57. The van der Waals surface area contributed by atoms with Gasteiger partial charge in [0.2, 0.25) is 5.91 Å². The van der Waals surface area contributed by atoms with Crippen LogP contribution in [0.1, 0.15) is 39.1 Å². The second-order valence-corrected chi connectivity index (χ2v) is 5.61. The standard InChI is InChI=1S/C18H13F2NO4/c1-9-11-7-10(5-6-14(11)21-17(9)23)15(22)8-25-18(24)16-12(19)3-2-4-13(16)20/h2-7,9H,8H2,1H3,(H,21,23)/t9-/m1/s1. The SMILES string of the molecule is C[C@H]1C(=O)Nc2ccc(C(=O)COC(=O)c3c(F)cccc3F)cc21. The van der Waals surface area contributed by atoms with E-state index in [0.29, 0.717) is 11.3 Å². The van der Waals surface area contributed by atoms with Crippen LogP contribution < -0.4 is 5.32 Å². The fraction of sp³-hybridized carbons (Fsp3) is 0.167. The van der Waals surface area contributed by atoms with E-state index in [1.165, 1.54) is 12.1 Å². The molecule has 3 rings (SSSR count). The molecule has 0 fully saturated rings. The van der Waals surface area contributed by atoms with E-state index in [-0.39, 0.29) is 11.5 Å². The minimum Gasteiger partial charge on any atom is -0.454 e. The Kier molecular flexibility index (Phi) is 4.31. The molecule has 128 valence electrons. The molecule has 1 heterocycles. The van der Waals surface area contributed by atoms with Gasteiger partial charge in [-0.15, -0.1) is 0 Å². The van der Waals surface area contributed by atoms with E-state index in [4.69, 9.17) is 4.74 Å². The molecule has 2 aromatic carbocycles. The summed E-state index contributed by atoms with van der Waals surface area (Å²) in [4.78, 5) is 35.6. The van der Waals surface area contributed by atoms with Crippen LogP contribution in [0.2, 0.25) is 0 Å². The van der Waals surface area contributed by atoms with E-state index in [1.807, 2.05) is 0 Å². The number of nitrogens with one attached hydrogen (secondary N) is 1. The molecule has 1 aliphatic heterocycles. The second-order valence-electron chi connectivity index (χ2n) is 5.61. The molecule has 0 saturated carbocycles. The average molecular weight is 345 g/mol. The summed E-state index contributed by atoms with van der Waals surface area (Å²) in [7, 11) is 0. The van der Waals surface area contributed by atoms with Crippen molar-refractivity contribution in [2.24, 2.45) is 0 Å². The van der Waals surface area contributed by atoms with Gasteiger partial charge in [-0.3, -0.25) is 9.59 Å². The van der Waals surface area contributed by atoms with Crippen LogP contribution in [0.5, 0.6) is 0 Å². The second kappa shape index (κ2) is 6.43. The molecule has 1 aliphatic rings. The van der Waals surface area contributed by atoms with Crippen LogP contribution in [0.3, 0.4) is 0 Å². The molecule has 7 heteroatoms. The Labute approximate surface area is 141 Å². The highest BCUT2D eigenvalue weighted by atomic mass is 19.1. The smallest absolute Gasteiger partial charge is 0.344 e. The maximum absolute atomic E-state index is 13.5. The van der Waals surface area contributed by atoms with Crippen LogP contribution in [0.15, 0.2) is 36.4 Å². The molecule has 1 amide bonds. The molecule has 0 unspecified atom stereocenters. The number of carbonyl (C=O) groups is 3. The van der Waals surface area contributed by atoms with Crippen molar-refractivity contribution in [3.05, 3.63) is 64.7 Å². The van der Waals surface area contributed by atoms with Gasteiger partial charge in [0.25, 0.3) is 0 Å². The van der Waals surface area contributed by atoms with Gasteiger partial charge in [0.1, 0.15) is 17.2 Å². The molecule has 0 aliphatic carbocycles. The molecule has 0 bridgehead atoms. The van der Waals surface area contributed by atoms with Gasteiger partial charge in [0.15, 0.2) is 12.4 Å². The van der Waals surface area contributed by atoms with Crippen molar-refractivity contribution in [1.82, 2.24) is 0 Å². The van der Waals surface area contributed by atoms with Crippen LogP contribution in [0, 0.1) is 11.6 Å². The van der Waals surface area contributed by atoms with Gasteiger partial charge in [0.05, 0.1) is 5.92 Å². The normalized spacial score (nSPS) is 15.5. The summed E-state index contributed by atoms with van der Waals surface area (Å²) in [6.07, 6.45) is 0. The van der Waals surface area contributed by atoms with Crippen molar-refractivity contribution < 1.29 is 27.9 Å². The lowest BCUT2D eigenvalue weighted by molar-refractivity contribution is -0.116. The maximum atomic E-state index is 13.5. The molecule has 0 saturated heterocycles. The molecule has 0 spiro atoms. The highest BCUT2D eigenvalue weighted by Crippen LogP contribution is 2.32. The number of halogens is 2. The number of anilines is 1. The molecule has 0 aromatic heterocycles. The van der Waals surface area contributed by atoms with Crippen molar-refractivity contribution in [3.8, 4) is 0 Å². The van der Waals surface area contributed by atoms with Crippen LogP contribution in [-0.4, -0.2) is 24.3 Å². The van der Waals surface area contributed by atoms with Gasteiger partial charge in [-0.1, -0.05) is 6.07 Å². The first-order valence-electron chi connectivity index (χ1n) is 7.47. The number of Topliss-reactive ketones (excluding diaryl/α,β-unsaturated/α-hetero) is 1. The number of carbonyl (C=O) groups excluding carboxylic acids is 3. The Balaban J connectivity index is 1.72. The molecule has 1 atom stereocenters. The third-order valence-corrected chi connectivity index (χ3v) is 3.99.